The number of carbonyl (C=O) groups excluding carboxylic acids is 2. The Morgan fingerprint density at radius 1 is 1.31 bits per heavy atom. The first-order valence-electron chi connectivity index (χ1n) is 10.2. The lowest BCUT2D eigenvalue weighted by molar-refractivity contribution is -0.140. The van der Waals surface area contributed by atoms with Gasteiger partial charge in [0, 0.05) is 25.5 Å². The van der Waals surface area contributed by atoms with Gasteiger partial charge in [-0.1, -0.05) is 25.1 Å². The van der Waals surface area contributed by atoms with Crippen LogP contribution in [-0.4, -0.2) is 53.3 Å². The predicted octanol–water partition coefficient (Wildman–Crippen LogP) is 3.37. The molecule has 2 heterocycles. The summed E-state index contributed by atoms with van der Waals surface area (Å²) >= 11 is 1.64. The van der Waals surface area contributed by atoms with Crippen LogP contribution in [0.25, 0.3) is 0 Å². The van der Waals surface area contributed by atoms with E-state index in [1.54, 1.807) is 16.2 Å². The van der Waals surface area contributed by atoms with Crippen LogP contribution in [0.4, 0.5) is 0 Å². The maximum atomic E-state index is 12.9. The van der Waals surface area contributed by atoms with Gasteiger partial charge < -0.3 is 14.5 Å². The second-order valence-electron chi connectivity index (χ2n) is 7.37. The van der Waals surface area contributed by atoms with E-state index in [4.69, 9.17) is 4.74 Å². The van der Waals surface area contributed by atoms with Crippen molar-refractivity contribution in [1.29, 1.82) is 0 Å². The number of nitrogens with zero attached hydrogens (tertiary/aromatic N) is 3. The summed E-state index contributed by atoms with van der Waals surface area (Å²) < 4.78 is 5.63. The molecule has 1 fully saturated rings. The standard InChI is InChI=1S/C22H29N3O3S/c1-3-20-23-18(16-29-20)15-24(2)22(27)17-8-7-12-25(14-17)21(26)11-13-28-19-9-5-4-6-10-19/h4-6,9-10,16-17H,3,7-8,11-15H2,1-2H3. The Labute approximate surface area is 176 Å². The first-order valence-corrected chi connectivity index (χ1v) is 11.1. The van der Waals surface area contributed by atoms with Crippen LogP contribution >= 0.6 is 11.3 Å². The molecular weight excluding hydrogens is 386 g/mol. The summed E-state index contributed by atoms with van der Waals surface area (Å²) in [6.07, 6.45) is 2.91. The van der Waals surface area contributed by atoms with Crippen molar-refractivity contribution in [3.05, 3.63) is 46.4 Å². The van der Waals surface area contributed by atoms with E-state index < -0.39 is 0 Å². The number of piperidine rings is 1. The maximum Gasteiger partial charge on any atom is 0.227 e. The smallest absolute Gasteiger partial charge is 0.227 e. The van der Waals surface area contributed by atoms with Gasteiger partial charge in [-0.2, -0.15) is 0 Å². The Balaban J connectivity index is 1.47. The Morgan fingerprint density at radius 3 is 2.83 bits per heavy atom. The number of amides is 2. The fourth-order valence-electron chi connectivity index (χ4n) is 3.55. The van der Waals surface area contributed by atoms with Gasteiger partial charge >= 0.3 is 0 Å². The summed E-state index contributed by atoms with van der Waals surface area (Å²) in [5, 5.41) is 3.11. The zero-order valence-electron chi connectivity index (χ0n) is 17.2. The number of hydrogen-bond donors (Lipinski definition) is 0. The average molecular weight is 416 g/mol. The lowest BCUT2D eigenvalue weighted by Gasteiger charge is -2.34. The summed E-state index contributed by atoms with van der Waals surface area (Å²) in [5.74, 6) is 0.765. The molecule has 0 radical (unpaired) electrons. The van der Waals surface area contributed by atoms with Crippen molar-refractivity contribution in [3.63, 3.8) is 0 Å². The number of aromatic nitrogens is 1. The minimum atomic E-state index is -0.142. The second-order valence-corrected chi connectivity index (χ2v) is 8.31. The third kappa shape index (κ3) is 6.03. The lowest BCUT2D eigenvalue weighted by atomic mass is 9.96. The highest BCUT2D eigenvalue weighted by molar-refractivity contribution is 7.09. The predicted molar refractivity (Wildman–Crippen MR) is 114 cm³/mol. The zero-order chi connectivity index (χ0) is 20.6. The van der Waals surface area contributed by atoms with Gasteiger partial charge in [0.1, 0.15) is 5.75 Å². The SMILES string of the molecule is CCc1nc(CN(C)C(=O)C2CCCN(C(=O)CCOc3ccccc3)C2)cs1. The van der Waals surface area contributed by atoms with Gasteiger partial charge in [0.2, 0.25) is 11.8 Å². The molecule has 7 heteroatoms. The van der Waals surface area contributed by atoms with E-state index in [0.717, 1.165) is 35.7 Å². The van der Waals surface area contributed by atoms with Crippen molar-refractivity contribution in [1.82, 2.24) is 14.8 Å². The molecule has 1 aromatic carbocycles. The zero-order valence-corrected chi connectivity index (χ0v) is 18.0. The number of benzene rings is 1. The van der Waals surface area contributed by atoms with Crippen molar-refractivity contribution in [3.8, 4) is 5.75 Å². The fourth-order valence-corrected chi connectivity index (χ4v) is 4.29. The molecule has 6 nitrogen and oxygen atoms in total. The molecule has 2 amide bonds. The van der Waals surface area contributed by atoms with Gasteiger partial charge in [-0.25, -0.2) is 4.98 Å². The number of aryl methyl sites for hydroxylation is 1. The van der Waals surface area contributed by atoms with E-state index in [1.807, 2.05) is 47.7 Å². The third-order valence-electron chi connectivity index (χ3n) is 5.13. The van der Waals surface area contributed by atoms with Crippen LogP contribution in [0.2, 0.25) is 0 Å². The third-order valence-corrected chi connectivity index (χ3v) is 6.17. The summed E-state index contributed by atoms with van der Waals surface area (Å²) in [5.41, 5.74) is 0.935. The molecule has 1 atom stereocenters. The van der Waals surface area contributed by atoms with Gasteiger partial charge in [-0.3, -0.25) is 9.59 Å². The molecule has 1 unspecified atom stereocenters. The number of thiazole rings is 1. The van der Waals surface area contributed by atoms with Crippen LogP contribution in [0.3, 0.4) is 0 Å². The van der Waals surface area contributed by atoms with Crippen LogP contribution in [-0.2, 0) is 22.6 Å². The molecule has 0 aliphatic carbocycles. The summed E-state index contributed by atoms with van der Waals surface area (Å²) in [6.45, 7) is 4.15. The first kappa shape index (κ1) is 21.3. The topological polar surface area (TPSA) is 62.7 Å². The fraction of sp³-hybridized carbons (Fsp3) is 0.500. The van der Waals surface area contributed by atoms with Crippen molar-refractivity contribution < 1.29 is 14.3 Å². The van der Waals surface area contributed by atoms with Crippen LogP contribution in [0.1, 0.15) is 36.9 Å². The normalized spacial score (nSPS) is 16.5. The molecule has 29 heavy (non-hydrogen) atoms. The number of hydrogen-bond acceptors (Lipinski definition) is 5. The molecule has 3 rings (SSSR count). The summed E-state index contributed by atoms with van der Waals surface area (Å²) in [7, 11) is 1.82. The number of ether oxygens (including phenoxy) is 1. The van der Waals surface area contributed by atoms with Gasteiger partial charge in [-0.05, 0) is 31.4 Å². The number of rotatable bonds is 8. The second kappa shape index (κ2) is 10.4. The molecule has 0 N–H and O–H groups in total. The minimum Gasteiger partial charge on any atom is -0.493 e. The highest BCUT2D eigenvalue weighted by Gasteiger charge is 2.30. The van der Waals surface area contributed by atoms with Crippen molar-refractivity contribution in [2.45, 2.75) is 39.2 Å². The van der Waals surface area contributed by atoms with Crippen LogP contribution in [0, 0.1) is 5.92 Å². The Bertz CT molecular complexity index is 809. The molecular formula is C22H29N3O3S. The van der Waals surface area contributed by atoms with E-state index in [9.17, 15) is 9.59 Å². The highest BCUT2D eigenvalue weighted by Crippen LogP contribution is 2.21. The molecule has 1 aliphatic rings. The molecule has 156 valence electrons. The van der Waals surface area contributed by atoms with Gasteiger partial charge in [0.15, 0.2) is 0 Å². The number of para-hydroxylation sites is 1. The molecule has 0 bridgehead atoms. The van der Waals surface area contributed by atoms with Crippen molar-refractivity contribution in [2.24, 2.45) is 5.92 Å². The van der Waals surface area contributed by atoms with E-state index in [-0.39, 0.29) is 17.7 Å². The molecule has 2 aromatic rings. The summed E-state index contributed by atoms with van der Waals surface area (Å²) in [4.78, 5) is 33.5. The van der Waals surface area contributed by atoms with E-state index in [1.165, 1.54) is 0 Å². The molecule has 1 aliphatic heterocycles. The quantitative estimate of drug-likeness (QED) is 0.663. The minimum absolute atomic E-state index is 0.0492. The van der Waals surface area contributed by atoms with Crippen molar-refractivity contribution in [2.75, 3.05) is 26.7 Å². The highest BCUT2D eigenvalue weighted by atomic mass is 32.1. The first-order chi connectivity index (χ1) is 14.1. The number of carbonyl (C=O) groups is 2. The molecule has 0 spiro atoms. The maximum absolute atomic E-state index is 12.9. The Hall–Kier alpha value is -2.41. The van der Waals surface area contributed by atoms with Gasteiger partial charge in [0.05, 0.1) is 36.2 Å². The van der Waals surface area contributed by atoms with Gasteiger partial charge in [0.25, 0.3) is 0 Å². The molecule has 1 aromatic heterocycles. The Kier molecular flexibility index (Phi) is 7.63. The molecule has 0 saturated carbocycles. The number of likely N-dealkylation sites (tertiary alicyclic amines) is 1. The van der Waals surface area contributed by atoms with Crippen LogP contribution in [0.15, 0.2) is 35.7 Å². The van der Waals surface area contributed by atoms with Crippen LogP contribution < -0.4 is 4.74 Å². The molecule has 1 saturated heterocycles. The monoisotopic (exact) mass is 415 g/mol. The van der Waals surface area contributed by atoms with Crippen molar-refractivity contribution >= 4 is 23.2 Å². The van der Waals surface area contributed by atoms with E-state index in [0.29, 0.717) is 32.7 Å². The van der Waals surface area contributed by atoms with E-state index in [2.05, 4.69) is 11.9 Å². The van der Waals surface area contributed by atoms with Crippen LogP contribution in [0.5, 0.6) is 5.75 Å². The van der Waals surface area contributed by atoms with E-state index >= 15 is 0 Å². The summed E-state index contributed by atoms with van der Waals surface area (Å²) in [6, 6.07) is 9.49. The van der Waals surface area contributed by atoms with Gasteiger partial charge in [-0.15, -0.1) is 11.3 Å². The average Bonchev–Trinajstić information content (AvgIpc) is 3.21. The lowest BCUT2D eigenvalue weighted by Crippen LogP contribution is -2.46. The Morgan fingerprint density at radius 2 is 2.10 bits per heavy atom. The largest absolute Gasteiger partial charge is 0.493 e.